The lowest BCUT2D eigenvalue weighted by atomic mass is 10.3. The molecule has 0 unspecified atom stereocenters. The highest BCUT2D eigenvalue weighted by atomic mass is 32.1. The van der Waals surface area contributed by atoms with E-state index in [-0.39, 0.29) is 16.9 Å². The second kappa shape index (κ2) is 6.85. The van der Waals surface area contributed by atoms with Gasteiger partial charge in [-0.2, -0.15) is 0 Å². The first-order valence-electron chi connectivity index (χ1n) is 5.64. The van der Waals surface area contributed by atoms with Crippen LogP contribution in [0.2, 0.25) is 0 Å². The lowest BCUT2D eigenvalue weighted by molar-refractivity contribution is -0.121. The molecule has 0 aliphatic carbocycles. The van der Waals surface area contributed by atoms with Crippen LogP contribution in [0.15, 0.2) is 12.4 Å². The van der Waals surface area contributed by atoms with Crippen molar-refractivity contribution in [2.45, 2.75) is 26.3 Å². The number of anilines is 1. The number of amides is 1. The Kier molecular flexibility index (Phi) is 5.44. The number of aromatic nitrogens is 2. The Bertz CT molecular complexity index is 418. The van der Waals surface area contributed by atoms with Crippen molar-refractivity contribution >= 4 is 28.9 Å². The van der Waals surface area contributed by atoms with Crippen molar-refractivity contribution in [3.8, 4) is 0 Å². The highest BCUT2D eigenvalue weighted by Gasteiger charge is 2.03. The van der Waals surface area contributed by atoms with Crippen molar-refractivity contribution in [2.24, 2.45) is 5.73 Å². The number of thiocarbonyl (C=S) groups is 1. The van der Waals surface area contributed by atoms with Crippen LogP contribution in [0, 0.1) is 0 Å². The van der Waals surface area contributed by atoms with Gasteiger partial charge in [0, 0.05) is 19.0 Å². The van der Waals surface area contributed by atoms with Crippen LogP contribution >= 0.6 is 12.2 Å². The van der Waals surface area contributed by atoms with Gasteiger partial charge < -0.3 is 16.4 Å². The molecule has 18 heavy (non-hydrogen) atoms. The smallest absolute Gasteiger partial charge is 0.221 e. The van der Waals surface area contributed by atoms with Crippen molar-refractivity contribution in [3.05, 3.63) is 18.1 Å². The molecule has 1 aromatic rings. The molecule has 1 amide bonds. The van der Waals surface area contributed by atoms with Crippen molar-refractivity contribution in [1.82, 2.24) is 15.3 Å². The first kappa shape index (κ1) is 14.3. The minimum absolute atomic E-state index is 0.00483. The van der Waals surface area contributed by atoms with E-state index in [1.54, 1.807) is 0 Å². The molecular formula is C11H17N5OS. The molecule has 7 heteroatoms. The summed E-state index contributed by atoms with van der Waals surface area (Å²) in [5.74, 6) is 0.595. The predicted octanol–water partition coefficient (Wildman–Crippen LogP) is 0.437. The maximum Gasteiger partial charge on any atom is 0.221 e. The molecule has 0 atom stereocenters. The van der Waals surface area contributed by atoms with Gasteiger partial charge in [0.1, 0.15) is 16.5 Å². The monoisotopic (exact) mass is 267 g/mol. The maximum atomic E-state index is 11.4. The first-order valence-corrected chi connectivity index (χ1v) is 6.05. The van der Waals surface area contributed by atoms with E-state index in [1.165, 1.54) is 12.4 Å². The summed E-state index contributed by atoms with van der Waals surface area (Å²) >= 11 is 4.77. The Morgan fingerprint density at radius 3 is 2.67 bits per heavy atom. The number of nitrogens with zero attached hydrogens (tertiary/aromatic N) is 2. The summed E-state index contributed by atoms with van der Waals surface area (Å²) in [7, 11) is 0. The molecule has 0 spiro atoms. The SMILES string of the molecule is CC(C)NC(=O)CCNc1cnc(C(N)=S)cn1. The van der Waals surface area contributed by atoms with E-state index < -0.39 is 0 Å². The lowest BCUT2D eigenvalue weighted by Gasteiger charge is -2.09. The van der Waals surface area contributed by atoms with E-state index in [0.717, 1.165) is 0 Å². The Morgan fingerprint density at radius 1 is 1.44 bits per heavy atom. The fourth-order valence-electron chi connectivity index (χ4n) is 1.24. The molecule has 6 nitrogen and oxygen atoms in total. The summed E-state index contributed by atoms with van der Waals surface area (Å²) in [4.78, 5) is 19.7. The van der Waals surface area contributed by atoms with E-state index in [4.69, 9.17) is 18.0 Å². The van der Waals surface area contributed by atoms with Crippen LogP contribution in [0.1, 0.15) is 26.0 Å². The van der Waals surface area contributed by atoms with Gasteiger partial charge in [0.15, 0.2) is 0 Å². The predicted molar refractivity (Wildman–Crippen MR) is 74.3 cm³/mol. The summed E-state index contributed by atoms with van der Waals surface area (Å²) in [6.45, 7) is 4.34. The second-order valence-electron chi connectivity index (χ2n) is 4.05. The van der Waals surface area contributed by atoms with Crippen LogP contribution in [-0.2, 0) is 4.79 Å². The average molecular weight is 267 g/mol. The zero-order chi connectivity index (χ0) is 13.5. The Balaban J connectivity index is 2.35. The van der Waals surface area contributed by atoms with E-state index in [2.05, 4.69) is 20.6 Å². The van der Waals surface area contributed by atoms with Gasteiger partial charge in [0.25, 0.3) is 0 Å². The second-order valence-corrected chi connectivity index (χ2v) is 4.49. The lowest BCUT2D eigenvalue weighted by Crippen LogP contribution is -2.31. The van der Waals surface area contributed by atoms with Crippen LogP contribution in [-0.4, -0.2) is 33.5 Å². The molecule has 1 aromatic heterocycles. The summed E-state index contributed by atoms with van der Waals surface area (Å²) < 4.78 is 0. The van der Waals surface area contributed by atoms with Gasteiger partial charge in [0.2, 0.25) is 5.91 Å². The Hall–Kier alpha value is -1.76. The molecule has 0 bridgehead atoms. The van der Waals surface area contributed by atoms with Gasteiger partial charge in [-0.15, -0.1) is 0 Å². The molecule has 0 aromatic carbocycles. The van der Waals surface area contributed by atoms with E-state index >= 15 is 0 Å². The van der Waals surface area contributed by atoms with Crippen molar-refractivity contribution < 1.29 is 4.79 Å². The van der Waals surface area contributed by atoms with Crippen LogP contribution in [0.25, 0.3) is 0 Å². The van der Waals surface area contributed by atoms with Crippen LogP contribution in [0.4, 0.5) is 5.82 Å². The molecule has 0 aliphatic rings. The van der Waals surface area contributed by atoms with Crippen molar-refractivity contribution in [1.29, 1.82) is 0 Å². The fourth-order valence-corrected chi connectivity index (χ4v) is 1.35. The summed E-state index contributed by atoms with van der Waals surface area (Å²) in [6, 6.07) is 0.155. The van der Waals surface area contributed by atoms with Crippen LogP contribution < -0.4 is 16.4 Å². The van der Waals surface area contributed by atoms with Crippen molar-refractivity contribution in [2.75, 3.05) is 11.9 Å². The molecule has 0 saturated heterocycles. The number of hydrogen-bond donors (Lipinski definition) is 3. The van der Waals surface area contributed by atoms with E-state index in [9.17, 15) is 4.79 Å². The zero-order valence-corrected chi connectivity index (χ0v) is 11.3. The molecule has 1 heterocycles. The first-order chi connectivity index (χ1) is 8.49. The van der Waals surface area contributed by atoms with Crippen LogP contribution in [0.5, 0.6) is 0 Å². The van der Waals surface area contributed by atoms with Crippen molar-refractivity contribution in [3.63, 3.8) is 0 Å². The zero-order valence-electron chi connectivity index (χ0n) is 10.4. The summed E-state index contributed by atoms with van der Waals surface area (Å²) in [6.07, 6.45) is 3.42. The Labute approximate surface area is 111 Å². The van der Waals surface area contributed by atoms with Gasteiger partial charge >= 0.3 is 0 Å². The van der Waals surface area contributed by atoms with Gasteiger partial charge in [0.05, 0.1) is 12.4 Å². The quantitative estimate of drug-likeness (QED) is 0.648. The highest BCUT2D eigenvalue weighted by Crippen LogP contribution is 2.01. The molecule has 0 fully saturated rings. The third-order valence-corrected chi connectivity index (χ3v) is 2.22. The molecular weight excluding hydrogens is 250 g/mol. The minimum atomic E-state index is 0.00483. The van der Waals surface area contributed by atoms with Crippen LogP contribution in [0.3, 0.4) is 0 Å². The number of carbonyl (C=O) groups excluding carboxylic acids is 1. The number of carbonyl (C=O) groups is 1. The number of nitrogens with one attached hydrogen (secondary N) is 2. The van der Waals surface area contributed by atoms with Gasteiger partial charge in [-0.25, -0.2) is 9.97 Å². The molecule has 4 N–H and O–H groups in total. The highest BCUT2D eigenvalue weighted by molar-refractivity contribution is 7.80. The topological polar surface area (TPSA) is 92.9 Å². The molecule has 0 radical (unpaired) electrons. The molecule has 0 aliphatic heterocycles. The van der Waals surface area contributed by atoms with Gasteiger partial charge in [-0.1, -0.05) is 12.2 Å². The number of hydrogen-bond acceptors (Lipinski definition) is 5. The summed E-state index contributed by atoms with van der Waals surface area (Å²) in [5, 5.41) is 5.80. The summed E-state index contributed by atoms with van der Waals surface area (Å²) in [5.41, 5.74) is 5.89. The van der Waals surface area contributed by atoms with Gasteiger partial charge in [-0.05, 0) is 13.8 Å². The molecule has 0 saturated carbocycles. The third kappa shape index (κ3) is 5.05. The van der Waals surface area contributed by atoms with E-state index in [1.807, 2.05) is 13.8 Å². The number of rotatable bonds is 6. The largest absolute Gasteiger partial charge is 0.388 e. The Morgan fingerprint density at radius 2 is 2.17 bits per heavy atom. The number of nitrogens with two attached hydrogens (primary N) is 1. The third-order valence-electron chi connectivity index (χ3n) is 2.01. The maximum absolute atomic E-state index is 11.4. The average Bonchev–Trinajstić information content (AvgIpc) is 2.28. The van der Waals surface area contributed by atoms with E-state index in [0.29, 0.717) is 24.5 Å². The molecule has 98 valence electrons. The minimum Gasteiger partial charge on any atom is -0.388 e. The molecule has 1 rings (SSSR count). The normalized spacial score (nSPS) is 10.2. The fraction of sp³-hybridized carbons (Fsp3) is 0.455. The van der Waals surface area contributed by atoms with Gasteiger partial charge in [-0.3, -0.25) is 4.79 Å². The standard InChI is InChI=1S/C11H17N5OS/c1-7(2)16-10(17)3-4-13-9-6-14-8(5-15-9)11(12)18/h5-7H,3-4H2,1-2H3,(H2,12,18)(H,13,15)(H,16,17).